The summed E-state index contributed by atoms with van der Waals surface area (Å²) in [7, 11) is 1.99. The minimum absolute atomic E-state index is 0.755. The molecular weight excluding hydrogens is 172 g/mol. The van der Waals surface area contributed by atoms with E-state index in [0.29, 0.717) is 0 Å². The monoisotopic (exact) mass is 192 g/mol. The molecule has 2 rings (SSSR count). The van der Waals surface area contributed by atoms with Gasteiger partial charge < -0.3 is 10.6 Å². The molecule has 2 nitrogen and oxygen atoms in total. The maximum atomic E-state index is 3.15. The molecule has 0 amide bonds. The fourth-order valence-corrected chi connectivity index (χ4v) is 1.13. The fourth-order valence-electron chi connectivity index (χ4n) is 1.13. The van der Waals surface area contributed by atoms with Crippen LogP contribution in [0, 0.1) is 13.8 Å². The first kappa shape index (κ1) is 11.2. The third-order valence-corrected chi connectivity index (χ3v) is 2.41. The van der Waals surface area contributed by atoms with Gasteiger partial charge in [-0.3, -0.25) is 0 Å². The van der Waals surface area contributed by atoms with E-state index in [1.54, 1.807) is 0 Å². The maximum absolute atomic E-state index is 3.15. The highest BCUT2D eigenvalue weighted by Gasteiger charge is 2.11. The predicted molar refractivity (Wildman–Crippen MR) is 61.6 cm³/mol. The summed E-state index contributed by atoms with van der Waals surface area (Å²) < 4.78 is 0. The predicted octanol–water partition coefficient (Wildman–Crippen LogP) is 1.48. The van der Waals surface area contributed by atoms with Crippen molar-refractivity contribution in [3.8, 4) is 0 Å². The maximum Gasteiger partial charge on any atom is 0.0314 e. The van der Waals surface area contributed by atoms with Crippen molar-refractivity contribution < 1.29 is 0 Å². The average molecular weight is 192 g/mol. The van der Waals surface area contributed by atoms with E-state index in [9.17, 15) is 0 Å². The molecule has 1 aliphatic heterocycles. The average Bonchev–Trinajstić information content (AvgIpc) is 2.09. The lowest BCUT2D eigenvalue weighted by Crippen LogP contribution is -2.54. The molecule has 2 N–H and O–H groups in total. The highest BCUT2D eigenvalue weighted by Crippen LogP contribution is 1.99. The van der Waals surface area contributed by atoms with Crippen LogP contribution >= 0.6 is 0 Å². The minimum atomic E-state index is 0.755. The van der Waals surface area contributed by atoms with E-state index in [0.717, 1.165) is 19.1 Å². The van der Waals surface area contributed by atoms with E-state index in [2.05, 4.69) is 48.7 Å². The van der Waals surface area contributed by atoms with E-state index >= 15 is 0 Å². The number of benzene rings is 1. The Morgan fingerprint density at radius 2 is 1.50 bits per heavy atom. The van der Waals surface area contributed by atoms with E-state index in [1.165, 1.54) is 11.1 Å². The Balaban J connectivity index is 0.000000146. The highest BCUT2D eigenvalue weighted by molar-refractivity contribution is 5.19. The van der Waals surface area contributed by atoms with Gasteiger partial charge in [0, 0.05) is 19.1 Å². The summed E-state index contributed by atoms with van der Waals surface area (Å²) in [4.78, 5) is 0. The Labute approximate surface area is 86.7 Å². The molecule has 0 radical (unpaired) electrons. The van der Waals surface area contributed by atoms with Gasteiger partial charge in [-0.05, 0) is 20.9 Å². The number of hydrogen-bond acceptors (Lipinski definition) is 2. The summed E-state index contributed by atoms with van der Waals surface area (Å²) in [6, 6.07) is 9.24. The number of aryl methyl sites for hydroxylation is 2. The Hall–Kier alpha value is -0.860. The van der Waals surface area contributed by atoms with E-state index in [4.69, 9.17) is 0 Å². The summed E-state index contributed by atoms with van der Waals surface area (Å²) in [6.45, 7) is 6.49. The van der Waals surface area contributed by atoms with Crippen molar-refractivity contribution in [2.45, 2.75) is 19.9 Å². The van der Waals surface area contributed by atoms with Crippen molar-refractivity contribution >= 4 is 0 Å². The van der Waals surface area contributed by atoms with Crippen LogP contribution in [0.4, 0.5) is 0 Å². The molecule has 0 spiro atoms. The smallest absolute Gasteiger partial charge is 0.0314 e. The van der Waals surface area contributed by atoms with E-state index in [-0.39, 0.29) is 0 Å². The second kappa shape index (κ2) is 5.78. The van der Waals surface area contributed by atoms with Gasteiger partial charge in [-0.1, -0.05) is 35.4 Å². The molecule has 1 heterocycles. The summed E-state index contributed by atoms with van der Waals surface area (Å²) in [5.41, 5.74) is 2.66. The fraction of sp³-hybridized carbons (Fsp3) is 0.500. The van der Waals surface area contributed by atoms with Crippen LogP contribution in [-0.4, -0.2) is 26.2 Å². The highest BCUT2D eigenvalue weighted by atomic mass is 15.1. The van der Waals surface area contributed by atoms with Gasteiger partial charge in [-0.2, -0.15) is 0 Å². The number of rotatable bonds is 1. The second-order valence-electron chi connectivity index (χ2n) is 3.80. The lowest BCUT2D eigenvalue weighted by molar-refractivity contribution is 0.390. The zero-order chi connectivity index (χ0) is 10.4. The van der Waals surface area contributed by atoms with Crippen molar-refractivity contribution in [2.24, 2.45) is 0 Å². The Bertz CT molecular complexity index is 226. The van der Waals surface area contributed by atoms with Crippen molar-refractivity contribution in [1.82, 2.24) is 10.6 Å². The van der Waals surface area contributed by atoms with Crippen LogP contribution in [0.25, 0.3) is 0 Å². The molecule has 2 heteroatoms. The molecule has 0 aliphatic carbocycles. The Morgan fingerprint density at radius 3 is 1.64 bits per heavy atom. The van der Waals surface area contributed by atoms with E-state index in [1.807, 2.05) is 7.05 Å². The van der Waals surface area contributed by atoms with Crippen LogP contribution in [0.3, 0.4) is 0 Å². The third-order valence-electron chi connectivity index (χ3n) is 2.41. The zero-order valence-corrected chi connectivity index (χ0v) is 9.30. The minimum Gasteiger partial charge on any atom is -0.315 e. The molecule has 1 fully saturated rings. The first-order valence-corrected chi connectivity index (χ1v) is 5.13. The molecule has 0 bridgehead atoms. The summed E-state index contributed by atoms with van der Waals surface area (Å²) >= 11 is 0. The van der Waals surface area contributed by atoms with Gasteiger partial charge in [0.1, 0.15) is 0 Å². The lowest BCUT2D eigenvalue weighted by Gasteiger charge is -2.25. The van der Waals surface area contributed by atoms with Gasteiger partial charge >= 0.3 is 0 Å². The van der Waals surface area contributed by atoms with Crippen LogP contribution in [0.5, 0.6) is 0 Å². The molecule has 1 aromatic carbocycles. The molecule has 1 saturated heterocycles. The SMILES string of the molecule is CNC1CNC1.Cc1ccc(C)cc1. The Kier molecular flexibility index (Phi) is 4.63. The Morgan fingerprint density at radius 1 is 1.07 bits per heavy atom. The van der Waals surface area contributed by atoms with Gasteiger partial charge in [0.05, 0.1) is 0 Å². The number of likely N-dealkylation sites (N-methyl/N-ethyl adjacent to an activating group) is 1. The van der Waals surface area contributed by atoms with Gasteiger partial charge in [0.15, 0.2) is 0 Å². The van der Waals surface area contributed by atoms with Gasteiger partial charge in [0.2, 0.25) is 0 Å². The largest absolute Gasteiger partial charge is 0.315 e. The molecule has 0 saturated carbocycles. The van der Waals surface area contributed by atoms with Gasteiger partial charge in [-0.25, -0.2) is 0 Å². The van der Waals surface area contributed by atoms with Crippen molar-refractivity contribution in [1.29, 1.82) is 0 Å². The molecular formula is C12H20N2. The van der Waals surface area contributed by atoms with Crippen LogP contribution in [-0.2, 0) is 0 Å². The number of nitrogens with one attached hydrogen (secondary N) is 2. The standard InChI is InChI=1S/C8H10.C4H10N2/c1-7-3-5-8(2)6-4-7;1-5-4-2-6-3-4/h3-6H,1-2H3;4-6H,2-3H2,1H3. The molecule has 0 aromatic heterocycles. The van der Waals surface area contributed by atoms with Gasteiger partial charge in [0.25, 0.3) is 0 Å². The quantitative estimate of drug-likeness (QED) is 0.704. The molecule has 0 unspecified atom stereocenters. The summed E-state index contributed by atoms with van der Waals surface area (Å²) in [5, 5.41) is 6.29. The van der Waals surface area contributed by atoms with Crippen LogP contribution in [0.2, 0.25) is 0 Å². The normalized spacial score (nSPS) is 15.4. The first-order chi connectivity index (χ1) is 6.72. The van der Waals surface area contributed by atoms with Crippen LogP contribution in [0.15, 0.2) is 24.3 Å². The first-order valence-electron chi connectivity index (χ1n) is 5.13. The van der Waals surface area contributed by atoms with Crippen molar-refractivity contribution in [3.05, 3.63) is 35.4 Å². The van der Waals surface area contributed by atoms with Crippen molar-refractivity contribution in [2.75, 3.05) is 20.1 Å². The van der Waals surface area contributed by atoms with E-state index < -0.39 is 0 Å². The van der Waals surface area contributed by atoms with Crippen LogP contribution in [0.1, 0.15) is 11.1 Å². The second-order valence-corrected chi connectivity index (χ2v) is 3.80. The summed E-state index contributed by atoms with van der Waals surface area (Å²) in [6.07, 6.45) is 0. The molecule has 78 valence electrons. The van der Waals surface area contributed by atoms with Crippen molar-refractivity contribution in [3.63, 3.8) is 0 Å². The summed E-state index contributed by atoms with van der Waals surface area (Å²) in [5.74, 6) is 0. The third kappa shape index (κ3) is 3.90. The molecule has 1 aliphatic rings. The number of hydrogen-bond donors (Lipinski definition) is 2. The molecule has 14 heavy (non-hydrogen) atoms. The van der Waals surface area contributed by atoms with Gasteiger partial charge in [-0.15, -0.1) is 0 Å². The topological polar surface area (TPSA) is 24.1 Å². The van der Waals surface area contributed by atoms with Crippen LogP contribution < -0.4 is 10.6 Å². The molecule has 1 aromatic rings. The zero-order valence-electron chi connectivity index (χ0n) is 9.30. The lowest BCUT2D eigenvalue weighted by atomic mass is 10.2. The molecule has 0 atom stereocenters.